The molecule has 22 heavy (non-hydrogen) atoms. The summed E-state index contributed by atoms with van der Waals surface area (Å²) in [5.74, 6) is -0.706. The van der Waals surface area contributed by atoms with Gasteiger partial charge in [0.05, 0.1) is 11.5 Å². The second-order valence-electron chi connectivity index (χ2n) is 4.48. The van der Waals surface area contributed by atoms with E-state index in [1.807, 2.05) is 4.72 Å². The zero-order valence-corrected chi connectivity index (χ0v) is 13.3. The van der Waals surface area contributed by atoms with Gasteiger partial charge in [-0.25, -0.2) is 13.1 Å². The molecule has 0 saturated carbocycles. The van der Waals surface area contributed by atoms with Crippen molar-refractivity contribution < 1.29 is 17.9 Å². The lowest BCUT2D eigenvalue weighted by Gasteiger charge is -2.10. The molecule has 5 nitrogen and oxygen atoms in total. The van der Waals surface area contributed by atoms with Gasteiger partial charge in [0, 0.05) is 17.7 Å². The molecule has 0 heterocycles. The Hall–Kier alpha value is -1.89. The van der Waals surface area contributed by atoms with Gasteiger partial charge in [-0.15, -0.1) is 0 Å². The largest absolute Gasteiger partial charge is 0.380 e. The smallest absolute Gasteiger partial charge is 0.265 e. The van der Waals surface area contributed by atoms with Gasteiger partial charge in [-0.05, 0) is 35.9 Å². The number of benzene rings is 2. The fourth-order valence-corrected chi connectivity index (χ4v) is 2.97. The minimum Gasteiger partial charge on any atom is -0.380 e. The fraction of sp³-hybridized carbons (Fsp3) is 0.133. The van der Waals surface area contributed by atoms with Crippen molar-refractivity contribution in [3.63, 3.8) is 0 Å². The molecule has 0 radical (unpaired) electrons. The minimum atomic E-state index is -3.96. The Labute approximate surface area is 133 Å². The Morgan fingerprint density at radius 2 is 1.77 bits per heavy atom. The molecule has 0 unspecified atom stereocenters. The van der Waals surface area contributed by atoms with Crippen LogP contribution >= 0.6 is 11.6 Å². The Kier molecular flexibility index (Phi) is 5.18. The molecule has 0 atom stereocenters. The fourth-order valence-electron chi connectivity index (χ4n) is 1.87. The molecule has 0 fully saturated rings. The van der Waals surface area contributed by atoms with E-state index in [1.54, 1.807) is 24.3 Å². The first-order chi connectivity index (χ1) is 10.4. The first kappa shape index (κ1) is 16.5. The quantitative estimate of drug-likeness (QED) is 0.908. The van der Waals surface area contributed by atoms with Crippen LogP contribution in [0.15, 0.2) is 53.4 Å². The van der Waals surface area contributed by atoms with Crippen molar-refractivity contribution >= 4 is 27.5 Å². The number of hydrogen-bond donors (Lipinski definition) is 1. The van der Waals surface area contributed by atoms with Crippen molar-refractivity contribution in [3.8, 4) is 0 Å². The van der Waals surface area contributed by atoms with Crippen LogP contribution in [0.4, 0.5) is 0 Å². The Morgan fingerprint density at radius 3 is 2.41 bits per heavy atom. The summed E-state index contributed by atoms with van der Waals surface area (Å²) in [6.07, 6.45) is 0. The van der Waals surface area contributed by atoms with E-state index in [-0.39, 0.29) is 17.1 Å². The SMILES string of the molecule is COCc1ccccc1C(=O)NS(=O)(=O)c1ccc(Cl)cc1. The maximum atomic E-state index is 12.2. The van der Waals surface area contributed by atoms with Crippen LogP contribution in [0, 0.1) is 0 Å². The number of amides is 1. The number of ether oxygens (including phenoxy) is 1. The Bertz CT molecular complexity index is 772. The van der Waals surface area contributed by atoms with E-state index in [1.165, 1.54) is 31.4 Å². The molecule has 0 saturated heterocycles. The van der Waals surface area contributed by atoms with E-state index >= 15 is 0 Å². The molecule has 2 aromatic rings. The van der Waals surface area contributed by atoms with E-state index in [9.17, 15) is 13.2 Å². The maximum absolute atomic E-state index is 12.2. The number of nitrogens with one attached hydrogen (secondary N) is 1. The summed E-state index contributed by atoms with van der Waals surface area (Å²) in [5.41, 5.74) is 0.857. The van der Waals surface area contributed by atoms with Crippen LogP contribution in [0.1, 0.15) is 15.9 Å². The molecule has 0 aliphatic heterocycles. The lowest BCUT2D eigenvalue weighted by Crippen LogP contribution is -2.31. The summed E-state index contributed by atoms with van der Waals surface area (Å²) >= 11 is 5.72. The number of carbonyl (C=O) groups excluding carboxylic acids is 1. The monoisotopic (exact) mass is 339 g/mol. The molecule has 2 rings (SSSR count). The van der Waals surface area contributed by atoms with E-state index < -0.39 is 15.9 Å². The number of methoxy groups -OCH3 is 1. The van der Waals surface area contributed by atoms with Crippen molar-refractivity contribution in [1.29, 1.82) is 0 Å². The van der Waals surface area contributed by atoms with Crippen LogP contribution in [0.25, 0.3) is 0 Å². The topological polar surface area (TPSA) is 72.5 Å². The third kappa shape index (κ3) is 3.85. The normalized spacial score (nSPS) is 11.2. The summed E-state index contributed by atoms with van der Waals surface area (Å²) in [7, 11) is -2.46. The van der Waals surface area contributed by atoms with Crippen LogP contribution in [0.2, 0.25) is 5.02 Å². The number of rotatable bonds is 5. The lowest BCUT2D eigenvalue weighted by atomic mass is 10.1. The minimum absolute atomic E-state index is 0.0329. The maximum Gasteiger partial charge on any atom is 0.265 e. The highest BCUT2D eigenvalue weighted by atomic mass is 35.5. The lowest BCUT2D eigenvalue weighted by molar-refractivity contribution is 0.0976. The molecular weight excluding hydrogens is 326 g/mol. The van der Waals surface area contributed by atoms with Gasteiger partial charge < -0.3 is 4.74 Å². The third-order valence-electron chi connectivity index (χ3n) is 2.91. The zero-order chi connectivity index (χ0) is 16.2. The molecule has 0 aliphatic rings. The second kappa shape index (κ2) is 6.91. The van der Waals surface area contributed by atoms with Crippen molar-refractivity contribution in [2.24, 2.45) is 0 Å². The molecule has 2 aromatic carbocycles. The summed E-state index contributed by atoms with van der Waals surface area (Å²) in [6.45, 7) is 0.213. The molecule has 7 heteroatoms. The predicted octanol–water partition coefficient (Wildman–Crippen LogP) is 2.61. The summed E-state index contributed by atoms with van der Waals surface area (Å²) in [5, 5.41) is 0.413. The Balaban J connectivity index is 2.26. The second-order valence-corrected chi connectivity index (χ2v) is 6.60. The van der Waals surface area contributed by atoms with Gasteiger partial charge >= 0.3 is 0 Å². The number of hydrogen-bond acceptors (Lipinski definition) is 4. The first-order valence-corrected chi connectivity index (χ1v) is 8.20. The predicted molar refractivity (Wildman–Crippen MR) is 83.3 cm³/mol. The van der Waals surface area contributed by atoms with Crippen LogP contribution in [-0.2, 0) is 21.4 Å². The van der Waals surface area contributed by atoms with E-state index in [2.05, 4.69) is 0 Å². The van der Waals surface area contributed by atoms with E-state index in [0.717, 1.165) is 0 Å². The Morgan fingerprint density at radius 1 is 1.14 bits per heavy atom. The standard InChI is InChI=1S/C15H14ClNO4S/c1-21-10-11-4-2-3-5-14(11)15(18)17-22(19,20)13-8-6-12(16)7-9-13/h2-9H,10H2,1H3,(H,17,18). The average Bonchev–Trinajstić information content (AvgIpc) is 2.48. The van der Waals surface area contributed by atoms with Gasteiger partial charge in [0.15, 0.2) is 0 Å². The highest BCUT2D eigenvalue weighted by Crippen LogP contribution is 2.15. The molecule has 116 valence electrons. The molecular formula is C15H14ClNO4S. The van der Waals surface area contributed by atoms with Crippen molar-refractivity contribution in [2.75, 3.05) is 7.11 Å². The first-order valence-electron chi connectivity index (χ1n) is 6.33. The number of sulfonamides is 1. The van der Waals surface area contributed by atoms with Crippen molar-refractivity contribution in [3.05, 3.63) is 64.7 Å². The van der Waals surface area contributed by atoms with Crippen LogP contribution in [-0.4, -0.2) is 21.4 Å². The van der Waals surface area contributed by atoms with E-state index in [0.29, 0.717) is 10.6 Å². The van der Waals surface area contributed by atoms with E-state index in [4.69, 9.17) is 16.3 Å². The average molecular weight is 340 g/mol. The highest BCUT2D eigenvalue weighted by Gasteiger charge is 2.20. The van der Waals surface area contributed by atoms with Gasteiger partial charge in [0.2, 0.25) is 0 Å². The van der Waals surface area contributed by atoms with Gasteiger partial charge in [-0.2, -0.15) is 0 Å². The highest BCUT2D eigenvalue weighted by molar-refractivity contribution is 7.90. The molecule has 1 N–H and O–H groups in total. The van der Waals surface area contributed by atoms with Crippen molar-refractivity contribution in [2.45, 2.75) is 11.5 Å². The summed E-state index contributed by atoms with van der Waals surface area (Å²) in [4.78, 5) is 12.2. The van der Waals surface area contributed by atoms with Crippen LogP contribution in [0.5, 0.6) is 0 Å². The van der Waals surface area contributed by atoms with Gasteiger partial charge in [-0.3, -0.25) is 4.79 Å². The van der Waals surface area contributed by atoms with Gasteiger partial charge in [-0.1, -0.05) is 29.8 Å². The molecule has 0 aliphatic carbocycles. The molecule has 0 spiro atoms. The number of carbonyl (C=O) groups is 1. The molecule has 0 bridgehead atoms. The van der Waals surface area contributed by atoms with Gasteiger partial charge in [0.25, 0.3) is 15.9 Å². The van der Waals surface area contributed by atoms with Crippen molar-refractivity contribution in [1.82, 2.24) is 4.72 Å². The third-order valence-corrected chi connectivity index (χ3v) is 4.51. The molecule has 0 aromatic heterocycles. The summed E-state index contributed by atoms with van der Waals surface area (Å²) in [6, 6.07) is 12.2. The van der Waals surface area contributed by atoms with Gasteiger partial charge in [0.1, 0.15) is 0 Å². The van der Waals surface area contributed by atoms with Crippen LogP contribution < -0.4 is 4.72 Å². The van der Waals surface area contributed by atoms with Crippen LogP contribution in [0.3, 0.4) is 0 Å². The zero-order valence-electron chi connectivity index (χ0n) is 11.7. The molecule has 1 amide bonds. The summed E-state index contributed by atoms with van der Waals surface area (Å²) < 4.78 is 31.4. The number of halogens is 1.